The zero-order valence-corrected chi connectivity index (χ0v) is 11.4. The summed E-state index contributed by atoms with van der Waals surface area (Å²) >= 11 is 11.5. The van der Waals surface area contributed by atoms with E-state index in [1.54, 1.807) is 31.4 Å². The minimum Gasteiger partial charge on any atom is -0.497 e. The molecule has 0 aliphatic heterocycles. The first kappa shape index (κ1) is 13.6. The third-order valence-corrected chi connectivity index (χ3v) is 2.78. The van der Waals surface area contributed by atoms with E-state index in [0.29, 0.717) is 11.4 Å². The molecule has 1 aromatic carbocycles. The summed E-state index contributed by atoms with van der Waals surface area (Å²) in [4.78, 5) is 12.0. The van der Waals surface area contributed by atoms with Crippen LogP contribution in [0.4, 0.5) is 5.69 Å². The molecule has 1 heterocycles. The van der Waals surface area contributed by atoms with E-state index in [0.717, 1.165) is 0 Å². The molecule has 19 heavy (non-hydrogen) atoms. The lowest BCUT2D eigenvalue weighted by Gasteiger charge is -2.07. The number of benzene rings is 1. The Balaban J connectivity index is 2.18. The fraction of sp³-hybridized carbons (Fsp3) is 0.0833. The third-order valence-electron chi connectivity index (χ3n) is 2.31. The van der Waals surface area contributed by atoms with Crippen LogP contribution < -0.4 is 10.1 Å². The van der Waals surface area contributed by atoms with Crippen molar-refractivity contribution in [3.8, 4) is 5.75 Å². The van der Waals surface area contributed by atoms with Crippen LogP contribution in [0.15, 0.2) is 30.3 Å². The molecule has 0 fully saturated rings. The van der Waals surface area contributed by atoms with E-state index in [2.05, 4.69) is 15.5 Å². The molecule has 1 aromatic heterocycles. The van der Waals surface area contributed by atoms with E-state index in [-0.39, 0.29) is 15.9 Å². The second-order valence-electron chi connectivity index (χ2n) is 3.55. The van der Waals surface area contributed by atoms with Crippen molar-refractivity contribution in [1.29, 1.82) is 0 Å². The summed E-state index contributed by atoms with van der Waals surface area (Å²) in [6.45, 7) is 0. The fourth-order valence-corrected chi connectivity index (χ4v) is 1.71. The molecule has 0 aliphatic rings. The minimum absolute atomic E-state index is 0.00425. The van der Waals surface area contributed by atoms with Gasteiger partial charge in [0, 0.05) is 5.69 Å². The van der Waals surface area contributed by atoms with Gasteiger partial charge in [-0.3, -0.25) is 4.79 Å². The molecule has 0 saturated carbocycles. The number of amides is 1. The number of rotatable bonds is 3. The maximum Gasteiger partial charge on any atom is 0.258 e. The minimum atomic E-state index is -0.410. The first-order valence-electron chi connectivity index (χ1n) is 5.24. The second kappa shape index (κ2) is 5.86. The number of nitrogens with one attached hydrogen (secondary N) is 1. The maximum absolute atomic E-state index is 12.0. The zero-order valence-electron chi connectivity index (χ0n) is 9.85. The predicted octanol–water partition coefficient (Wildman–Crippen LogP) is 3.04. The van der Waals surface area contributed by atoms with Crippen molar-refractivity contribution in [2.45, 2.75) is 0 Å². The molecule has 98 valence electrons. The van der Waals surface area contributed by atoms with Gasteiger partial charge in [0.15, 0.2) is 10.3 Å². The molecule has 2 aromatic rings. The summed E-state index contributed by atoms with van der Waals surface area (Å²) < 4.78 is 5.02. The van der Waals surface area contributed by atoms with Gasteiger partial charge in [-0.25, -0.2) is 0 Å². The molecule has 1 N–H and O–H groups in total. The quantitative estimate of drug-likeness (QED) is 0.946. The zero-order chi connectivity index (χ0) is 13.8. The number of aromatic nitrogens is 2. The monoisotopic (exact) mass is 297 g/mol. The summed E-state index contributed by atoms with van der Waals surface area (Å²) in [5.74, 6) is 0.289. The van der Waals surface area contributed by atoms with Gasteiger partial charge in [0.2, 0.25) is 0 Å². The first-order valence-corrected chi connectivity index (χ1v) is 6.00. The van der Waals surface area contributed by atoms with E-state index >= 15 is 0 Å². The van der Waals surface area contributed by atoms with Crippen LogP contribution in [0.25, 0.3) is 0 Å². The normalized spacial score (nSPS) is 10.1. The average Bonchev–Trinajstić information content (AvgIpc) is 2.42. The number of carbonyl (C=O) groups is 1. The number of hydrogen-bond donors (Lipinski definition) is 1. The Morgan fingerprint density at radius 1 is 1.21 bits per heavy atom. The standard InChI is InChI=1S/C12H9Cl2N3O2/c1-19-8-4-2-7(3-5-8)15-12(18)9-6-10(13)16-17-11(9)14/h2-6H,1H3,(H,15,18). The lowest BCUT2D eigenvalue weighted by molar-refractivity contribution is 0.102. The Labute approximate surface area is 119 Å². The van der Waals surface area contributed by atoms with Crippen molar-refractivity contribution in [3.63, 3.8) is 0 Å². The molecule has 2 rings (SSSR count). The Hall–Kier alpha value is -1.85. The van der Waals surface area contributed by atoms with Gasteiger partial charge < -0.3 is 10.1 Å². The van der Waals surface area contributed by atoms with Crippen LogP contribution in [-0.2, 0) is 0 Å². The van der Waals surface area contributed by atoms with Gasteiger partial charge in [0.1, 0.15) is 5.75 Å². The lowest BCUT2D eigenvalue weighted by atomic mass is 10.2. The van der Waals surface area contributed by atoms with Crippen LogP contribution in [0.2, 0.25) is 10.3 Å². The molecule has 0 aliphatic carbocycles. The molecular weight excluding hydrogens is 289 g/mol. The van der Waals surface area contributed by atoms with E-state index in [4.69, 9.17) is 27.9 Å². The van der Waals surface area contributed by atoms with Gasteiger partial charge in [-0.05, 0) is 30.3 Å². The molecule has 7 heteroatoms. The molecular formula is C12H9Cl2N3O2. The summed E-state index contributed by atoms with van der Waals surface area (Å²) in [6.07, 6.45) is 0. The Morgan fingerprint density at radius 3 is 2.53 bits per heavy atom. The Kier molecular flexibility index (Phi) is 4.19. The summed E-state index contributed by atoms with van der Waals surface area (Å²) in [5, 5.41) is 9.88. The highest BCUT2D eigenvalue weighted by Gasteiger charge is 2.13. The van der Waals surface area contributed by atoms with Crippen LogP contribution in [0.5, 0.6) is 5.75 Å². The van der Waals surface area contributed by atoms with Gasteiger partial charge in [-0.2, -0.15) is 0 Å². The fourth-order valence-electron chi connectivity index (χ4n) is 1.39. The van der Waals surface area contributed by atoms with Crippen LogP contribution in [0.1, 0.15) is 10.4 Å². The Morgan fingerprint density at radius 2 is 1.89 bits per heavy atom. The van der Waals surface area contributed by atoms with Crippen LogP contribution in [0.3, 0.4) is 0 Å². The number of ether oxygens (including phenoxy) is 1. The number of anilines is 1. The van der Waals surface area contributed by atoms with Gasteiger partial charge in [0.25, 0.3) is 5.91 Å². The van der Waals surface area contributed by atoms with E-state index in [1.807, 2.05) is 0 Å². The van der Waals surface area contributed by atoms with E-state index in [9.17, 15) is 4.79 Å². The van der Waals surface area contributed by atoms with Crippen molar-refractivity contribution in [2.75, 3.05) is 12.4 Å². The van der Waals surface area contributed by atoms with Gasteiger partial charge in [0.05, 0.1) is 12.7 Å². The highest BCUT2D eigenvalue weighted by atomic mass is 35.5. The summed E-state index contributed by atoms with van der Waals surface area (Å²) in [7, 11) is 1.57. The Bertz CT molecular complexity index is 602. The van der Waals surface area contributed by atoms with Crippen LogP contribution in [0, 0.1) is 0 Å². The number of carbonyl (C=O) groups excluding carboxylic acids is 1. The first-order chi connectivity index (χ1) is 9.10. The lowest BCUT2D eigenvalue weighted by Crippen LogP contribution is -2.13. The third kappa shape index (κ3) is 3.33. The van der Waals surface area contributed by atoms with Crippen LogP contribution >= 0.6 is 23.2 Å². The van der Waals surface area contributed by atoms with Gasteiger partial charge >= 0.3 is 0 Å². The van der Waals surface area contributed by atoms with Gasteiger partial charge in [-0.15, -0.1) is 10.2 Å². The highest BCUT2D eigenvalue weighted by Crippen LogP contribution is 2.19. The topological polar surface area (TPSA) is 64.1 Å². The van der Waals surface area contributed by atoms with E-state index in [1.165, 1.54) is 6.07 Å². The van der Waals surface area contributed by atoms with Crippen LogP contribution in [-0.4, -0.2) is 23.2 Å². The largest absolute Gasteiger partial charge is 0.497 e. The van der Waals surface area contributed by atoms with E-state index < -0.39 is 5.91 Å². The predicted molar refractivity (Wildman–Crippen MR) is 73.0 cm³/mol. The molecule has 0 bridgehead atoms. The highest BCUT2D eigenvalue weighted by molar-refractivity contribution is 6.34. The number of hydrogen-bond acceptors (Lipinski definition) is 4. The average molecular weight is 298 g/mol. The molecule has 0 atom stereocenters. The molecule has 5 nitrogen and oxygen atoms in total. The van der Waals surface area contributed by atoms with Crippen molar-refractivity contribution in [2.24, 2.45) is 0 Å². The molecule has 0 radical (unpaired) electrons. The smallest absolute Gasteiger partial charge is 0.258 e. The molecule has 0 unspecified atom stereocenters. The molecule has 1 amide bonds. The second-order valence-corrected chi connectivity index (χ2v) is 4.30. The summed E-state index contributed by atoms with van der Waals surface area (Å²) in [6, 6.07) is 8.24. The maximum atomic E-state index is 12.0. The molecule has 0 spiro atoms. The number of methoxy groups -OCH3 is 1. The summed E-state index contributed by atoms with van der Waals surface area (Å²) in [5.41, 5.74) is 0.771. The van der Waals surface area contributed by atoms with Crippen molar-refractivity contribution >= 4 is 34.8 Å². The number of nitrogens with zero attached hydrogens (tertiary/aromatic N) is 2. The van der Waals surface area contributed by atoms with Crippen molar-refractivity contribution in [1.82, 2.24) is 10.2 Å². The number of halogens is 2. The molecule has 0 saturated heterocycles. The SMILES string of the molecule is COc1ccc(NC(=O)c2cc(Cl)nnc2Cl)cc1. The van der Waals surface area contributed by atoms with Crippen molar-refractivity contribution < 1.29 is 9.53 Å². The van der Waals surface area contributed by atoms with Crippen molar-refractivity contribution in [3.05, 3.63) is 46.2 Å². The van der Waals surface area contributed by atoms with Gasteiger partial charge in [-0.1, -0.05) is 23.2 Å².